The lowest BCUT2D eigenvalue weighted by Gasteiger charge is -2.60. The minimum absolute atomic E-state index is 0.0216. The maximum atomic E-state index is 11.9. The van der Waals surface area contributed by atoms with E-state index in [9.17, 15) is 19.5 Å². The first-order valence-corrected chi connectivity index (χ1v) is 9.95. The number of rotatable bonds is 5. The van der Waals surface area contributed by atoms with Crippen LogP contribution in [0.4, 0.5) is 0 Å². The molecule has 5 unspecified atom stereocenters. The van der Waals surface area contributed by atoms with Crippen molar-refractivity contribution in [2.24, 2.45) is 22.7 Å². The number of carbonyl (C=O) groups is 3. The van der Waals surface area contributed by atoms with Crippen LogP contribution in [-0.4, -0.2) is 40.6 Å². The summed E-state index contributed by atoms with van der Waals surface area (Å²) in [5.74, 6) is -0.993. The van der Waals surface area contributed by atoms with Gasteiger partial charge in [-0.05, 0) is 54.6 Å². The summed E-state index contributed by atoms with van der Waals surface area (Å²) in [6.07, 6.45) is 5.58. The van der Waals surface area contributed by atoms with Gasteiger partial charge in [-0.3, -0.25) is 14.4 Å². The molecule has 2 fully saturated rings. The number of ether oxygens (including phenoxy) is 1. The maximum absolute atomic E-state index is 11.9. The quantitative estimate of drug-likeness (QED) is 0.714. The van der Waals surface area contributed by atoms with E-state index in [1.807, 2.05) is 0 Å². The Morgan fingerprint density at radius 2 is 2.00 bits per heavy atom. The number of carbonyl (C=O) groups excluding carboxylic acids is 2. The standard InChI is InChI=1S/C21H30O6/c1-20(12-27-19(26)7-6-18(24)25)8-3-9-21(2)15-5-4-13(22)10-14(15)16(23)11-17(20)21/h10,15-17,23H,3-9,11-12H2,1-2H3,(H,24,25). The summed E-state index contributed by atoms with van der Waals surface area (Å²) in [5.41, 5.74) is 0.624. The molecule has 150 valence electrons. The Morgan fingerprint density at radius 3 is 2.70 bits per heavy atom. The van der Waals surface area contributed by atoms with Gasteiger partial charge in [-0.25, -0.2) is 0 Å². The number of hydrogen-bond acceptors (Lipinski definition) is 5. The van der Waals surface area contributed by atoms with Crippen LogP contribution in [0.15, 0.2) is 11.6 Å². The molecule has 0 aliphatic heterocycles. The minimum Gasteiger partial charge on any atom is -0.481 e. The van der Waals surface area contributed by atoms with Gasteiger partial charge in [-0.15, -0.1) is 0 Å². The molecule has 0 heterocycles. The second kappa shape index (κ2) is 7.38. The molecule has 0 bridgehead atoms. The van der Waals surface area contributed by atoms with Gasteiger partial charge in [0.05, 0.1) is 25.6 Å². The molecule has 0 aromatic rings. The number of aliphatic carboxylic acids is 1. The highest BCUT2D eigenvalue weighted by Gasteiger charge is 2.57. The number of ketones is 1. The van der Waals surface area contributed by atoms with Crippen molar-refractivity contribution in [2.75, 3.05) is 6.61 Å². The second-order valence-electron chi connectivity index (χ2n) is 9.07. The maximum Gasteiger partial charge on any atom is 0.306 e. The molecule has 6 nitrogen and oxygen atoms in total. The van der Waals surface area contributed by atoms with Crippen molar-refractivity contribution >= 4 is 17.7 Å². The lowest BCUT2D eigenvalue weighted by Crippen LogP contribution is -2.55. The van der Waals surface area contributed by atoms with Gasteiger partial charge in [-0.1, -0.05) is 20.3 Å². The van der Waals surface area contributed by atoms with Crippen LogP contribution in [0.1, 0.15) is 65.2 Å². The predicted molar refractivity (Wildman–Crippen MR) is 97.8 cm³/mol. The van der Waals surface area contributed by atoms with Crippen LogP contribution in [0.25, 0.3) is 0 Å². The van der Waals surface area contributed by atoms with Crippen LogP contribution in [0, 0.1) is 22.7 Å². The highest BCUT2D eigenvalue weighted by atomic mass is 16.5. The van der Waals surface area contributed by atoms with Crippen molar-refractivity contribution < 1.29 is 29.3 Å². The molecule has 0 radical (unpaired) electrons. The Kier molecular flexibility index (Phi) is 5.48. The van der Waals surface area contributed by atoms with E-state index in [-0.39, 0.29) is 47.9 Å². The van der Waals surface area contributed by atoms with Crippen LogP contribution < -0.4 is 0 Å². The highest BCUT2D eigenvalue weighted by molar-refractivity contribution is 5.91. The van der Waals surface area contributed by atoms with E-state index in [4.69, 9.17) is 9.84 Å². The molecule has 0 amide bonds. The Morgan fingerprint density at radius 1 is 1.26 bits per heavy atom. The third-order valence-corrected chi connectivity index (χ3v) is 7.26. The van der Waals surface area contributed by atoms with Crippen molar-refractivity contribution in [1.29, 1.82) is 0 Å². The van der Waals surface area contributed by atoms with Crippen LogP contribution >= 0.6 is 0 Å². The van der Waals surface area contributed by atoms with Crippen molar-refractivity contribution in [2.45, 2.75) is 71.3 Å². The van der Waals surface area contributed by atoms with Gasteiger partial charge < -0.3 is 14.9 Å². The molecule has 3 rings (SSSR count). The number of allylic oxidation sites excluding steroid dienone is 1. The van der Waals surface area contributed by atoms with E-state index in [2.05, 4.69) is 13.8 Å². The summed E-state index contributed by atoms with van der Waals surface area (Å²) in [6, 6.07) is 0. The number of carboxylic acids is 1. The fraction of sp³-hybridized carbons (Fsp3) is 0.762. The van der Waals surface area contributed by atoms with Crippen LogP contribution in [-0.2, 0) is 19.1 Å². The molecule has 0 spiro atoms. The normalized spacial score (nSPS) is 38.4. The van der Waals surface area contributed by atoms with Gasteiger partial charge in [0.1, 0.15) is 0 Å². The van der Waals surface area contributed by atoms with E-state index in [1.54, 1.807) is 6.08 Å². The molecule has 3 aliphatic rings. The smallest absolute Gasteiger partial charge is 0.306 e. The molecule has 3 aliphatic carbocycles. The third kappa shape index (κ3) is 3.82. The lowest BCUT2D eigenvalue weighted by molar-refractivity contribution is -0.160. The SMILES string of the molecule is CC1(COC(=O)CCC(=O)O)CCCC2(C)C3CCC(=O)C=C3C(O)CC12. The minimum atomic E-state index is -1.01. The molecule has 5 atom stereocenters. The van der Waals surface area contributed by atoms with E-state index in [1.165, 1.54) is 0 Å². The van der Waals surface area contributed by atoms with E-state index < -0.39 is 18.0 Å². The number of aliphatic hydroxyl groups excluding tert-OH is 1. The fourth-order valence-electron chi connectivity index (χ4n) is 5.90. The van der Waals surface area contributed by atoms with Crippen molar-refractivity contribution in [1.82, 2.24) is 0 Å². The number of hydrogen-bond donors (Lipinski definition) is 2. The molecule has 0 saturated heterocycles. The first-order chi connectivity index (χ1) is 12.7. The first-order valence-electron chi connectivity index (χ1n) is 9.95. The van der Waals surface area contributed by atoms with Gasteiger partial charge in [0, 0.05) is 11.8 Å². The van der Waals surface area contributed by atoms with Gasteiger partial charge in [0.25, 0.3) is 0 Å². The second-order valence-corrected chi connectivity index (χ2v) is 9.07. The van der Waals surface area contributed by atoms with Crippen molar-refractivity contribution in [3.63, 3.8) is 0 Å². The van der Waals surface area contributed by atoms with E-state index >= 15 is 0 Å². The highest BCUT2D eigenvalue weighted by Crippen LogP contribution is 2.62. The van der Waals surface area contributed by atoms with Gasteiger partial charge >= 0.3 is 11.9 Å². The Bertz CT molecular complexity index is 668. The zero-order valence-corrected chi connectivity index (χ0v) is 16.2. The van der Waals surface area contributed by atoms with Gasteiger partial charge in [-0.2, -0.15) is 0 Å². The van der Waals surface area contributed by atoms with E-state index in [0.29, 0.717) is 12.8 Å². The van der Waals surface area contributed by atoms with Crippen molar-refractivity contribution in [3.05, 3.63) is 11.6 Å². The monoisotopic (exact) mass is 378 g/mol. The van der Waals surface area contributed by atoms with Crippen molar-refractivity contribution in [3.8, 4) is 0 Å². The molecule has 2 saturated carbocycles. The summed E-state index contributed by atoms with van der Waals surface area (Å²) in [7, 11) is 0. The van der Waals surface area contributed by atoms with Crippen LogP contribution in [0.2, 0.25) is 0 Å². The largest absolute Gasteiger partial charge is 0.481 e. The zero-order valence-electron chi connectivity index (χ0n) is 16.2. The van der Waals surface area contributed by atoms with Gasteiger partial charge in [0.15, 0.2) is 5.78 Å². The number of fused-ring (bicyclic) bond motifs is 3. The summed E-state index contributed by atoms with van der Waals surface area (Å²) in [6.45, 7) is 4.64. The zero-order chi connectivity index (χ0) is 19.8. The molecular weight excluding hydrogens is 348 g/mol. The Hall–Kier alpha value is -1.69. The molecular formula is C21H30O6. The Balaban J connectivity index is 1.77. The number of carboxylic acid groups (broad SMARTS) is 1. The fourth-order valence-corrected chi connectivity index (χ4v) is 5.90. The summed E-state index contributed by atoms with van der Waals surface area (Å²) in [5, 5.41) is 19.4. The molecule has 0 aromatic heterocycles. The van der Waals surface area contributed by atoms with Crippen LogP contribution in [0.5, 0.6) is 0 Å². The average Bonchev–Trinajstić information content (AvgIpc) is 2.60. The molecule has 2 N–H and O–H groups in total. The van der Waals surface area contributed by atoms with Crippen LogP contribution in [0.3, 0.4) is 0 Å². The van der Waals surface area contributed by atoms with Gasteiger partial charge in [0.2, 0.25) is 0 Å². The third-order valence-electron chi connectivity index (χ3n) is 7.26. The molecule has 0 aromatic carbocycles. The first kappa shape index (κ1) is 20.1. The number of aliphatic hydroxyl groups is 1. The average molecular weight is 378 g/mol. The Labute approximate surface area is 160 Å². The summed E-state index contributed by atoms with van der Waals surface area (Å²) < 4.78 is 5.46. The molecule has 6 heteroatoms. The topological polar surface area (TPSA) is 101 Å². The summed E-state index contributed by atoms with van der Waals surface area (Å²) in [4.78, 5) is 34.4. The predicted octanol–water partition coefficient (Wildman–Crippen LogP) is 2.88. The lowest BCUT2D eigenvalue weighted by atomic mass is 9.45. The molecule has 27 heavy (non-hydrogen) atoms. The number of esters is 1. The summed E-state index contributed by atoms with van der Waals surface area (Å²) >= 11 is 0. The van der Waals surface area contributed by atoms with E-state index in [0.717, 1.165) is 31.3 Å².